The van der Waals surface area contributed by atoms with Crippen LogP contribution >= 0.6 is 0 Å². The zero-order valence-corrected chi connectivity index (χ0v) is 36.9. The number of fused-ring (bicyclic) bond motifs is 4. The number of carboxylic acids is 1. The number of aliphatic hydroxyl groups is 3. The van der Waals surface area contributed by atoms with Gasteiger partial charge in [-0.2, -0.15) is 0 Å². The van der Waals surface area contributed by atoms with Crippen LogP contribution in [0.5, 0.6) is 0 Å². The Hall–Kier alpha value is -5.03. The predicted molar refractivity (Wildman–Crippen MR) is 232 cm³/mol. The van der Waals surface area contributed by atoms with Gasteiger partial charge in [-0.1, -0.05) is 102 Å². The van der Waals surface area contributed by atoms with E-state index in [0.29, 0.717) is 23.1 Å². The number of aliphatic hydroxyl groups excluding tert-OH is 3. The number of nitrogens with zero attached hydrogens (tertiary/aromatic N) is 1. The summed E-state index contributed by atoms with van der Waals surface area (Å²) in [6, 6.07) is -6.39. The monoisotopic (exact) mass is 871 g/mol. The largest absolute Gasteiger partial charge is 0.508 e. The lowest BCUT2D eigenvalue weighted by Crippen LogP contribution is -2.58. The van der Waals surface area contributed by atoms with Crippen molar-refractivity contribution in [2.75, 3.05) is 20.2 Å². The lowest BCUT2D eigenvalue weighted by molar-refractivity contribution is -0.143. The summed E-state index contributed by atoms with van der Waals surface area (Å²) in [4.78, 5) is 92.3. The number of allylic oxidation sites excluding steroid dienone is 2. The fourth-order valence-corrected chi connectivity index (χ4v) is 7.88. The van der Waals surface area contributed by atoms with Crippen LogP contribution in [0.4, 0.5) is 0 Å². The van der Waals surface area contributed by atoms with Crippen LogP contribution in [0, 0.1) is 5.92 Å². The van der Waals surface area contributed by atoms with Crippen LogP contribution < -0.4 is 26.6 Å². The highest BCUT2D eigenvalue weighted by Gasteiger charge is 2.39. The Labute approximate surface area is 365 Å². The zero-order chi connectivity index (χ0) is 45.8. The van der Waals surface area contributed by atoms with Gasteiger partial charge in [-0.15, -0.1) is 0 Å². The van der Waals surface area contributed by atoms with Gasteiger partial charge in [0.05, 0.1) is 19.3 Å². The highest BCUT2D eigenvalue weighted by molar-refractivity contribution is 5.96. The number of hydrogen-bond acceptors (Lipinski definition) is 10. The molecule has 3 rings (SSSR count). The van der Waals surface area contributed by atoms with Gasteiger partial charge in [-0.05, 0) is 50.3 Å². The van der Waals surface area contributed by atoms with Gasteiger partial charge in [0.25, 0.3) is 0 Å². The first-order valence-corrected chi connectivity index (χ1v) is 22.3. The summed E-state index contributed by atoms with van der Waals surface area (Å²) in [7, 11) is 1.33. The van der Waals surface area contributed by atoms with E-state index in [1.165, 1.54) is 90.8 Å². The van der Waals surface area contributed by atoms with Crippen LogP contribution in [0.1, 0.15) is 130 Å². The molecule has 6 amide bonds. The number of likely N-dealkylation sites (N-methyl/N-ethyl adjacent to an activating group) is 1. The van der Waals surface area contributed by atoms with Crippen LogP contribution in [0.15, 0.2) is 46.8 Å². The first-order chi connectivity index (χ1) is 29.6. The third-order valence-electron chi connectivity index (χ3n) is 11.7. The third kappa shape index (κ3) is 16.3. The van der Waals surface area contributed by atoms with E-state index in [0.717, 1.165) is 24.2 Å². The van der Waals surface area contributed by atoms with Gasteiger partial charge < -0.3 is 51.9 Å². The van der Waals surface area contributed by atoms with Gasteiger partial charge in [0.15, 0.2) is 0 Å². The molecule has 7 atom stereocenters. The molecule has 1 aliphatic heterocycles. The minimum atomic E-state index is -1.37. The Morgan fingerprint density at radius 2 is 1.48 bits per heavy atom. The SMILES string of the molecule is CCCCCCCCCCCCCCCC(=O)N[C@H](CO)C(=O)N[C@H](C)C(=O)NCC(=O)N(C)[C@@H]1C(=O)N[C@@H](C)C(=O)N[C@H](C(=O)O)CC2=CC[C@H](O)C(=C2)C2=C(O)C=C[C@H]1C2. The Morgan fingerprint density at radius 1 is 0.871 bits per heavy atom. The molecule has 0 aromatic heterocycles. The first-order valence-electron chi connectivity index (χ1n) is 22.3. The van der Waals surface area contributed by atoms with Crippen molar-refractivity contribution in [3.8, 4) is 0 Å². The summed E-state index contributed by atoms with van der Waals surface area (Å²) in [5, 5.41) is 53.9. The third-order valence-corrected chi connectivity index (χ3v) is 11.7. The lowest BCUT2D eigenvalue weighted by atomic mass is 9.79. The van der Waals surface area contributed by atoms with Crippen LogP contribution in [-0.4, -0.2) is 123 Å². The fourth-order valence-electron chi connectivity index (χ4n) is 7.88. The summed E-state index contributed by atoms with van der Waals surface area (Å²) in [5.41, 5.74) is 1.12. The maximum atomic E-state index is 13.9. The topological polar surface area (TPSA) is 264 Å². The average Bonchev–Trinajstić information content (AvgIpc) is 3.23. The second-order valence-corrected chi connectivity index (χ2v) is 16.7. The Bertz CT molecular complexity index is 1710. The van der Waals surface area contributed by atoms with Crippen molar-refractivity contribution in [2.45, 2.75) is 166 Å². The first kappa shape index (κ1) is 51.3. The summed E-state index contributed by atoms with van der Waals surface area (Å²) in [5.74, 6) is -6.52. The maximum Gasteiger partial charge on any atom is 0.326 e. The molecule has 0 spiro atoms. The van der Waals surface area contributed by atoms with Gasteiger partial charge in [0.2, 0.25) is 35.4 Å². The summed E-state index contributed by atoms with van der Waals surface area (Å²) >= 11 is 0. The average molecular weight is 871 g/mol. The van der Waals surface area contributed by atoms with E-state index in [1.54, 1.807) is 12.2 Å². The van der Waals surface area contributed by atoms with Gasteiger partial charge in [0, 0.05) is 31.4 Å². The van der Waals surface area contributed by atoms with Crippen molar-refractivity contribution < 1.29 is 54.0 Å². The summed E-state index contributed by atoms with van der Waals surface area (Å²) < 4.78 is 0. The number of carbonyl (C=O) groups is 7. The number of carboxylic acid groups (broad SMARTS) is 1. The smallest absolute Gasteiger partial charge is 0.326 e. The van der Waals surface area contributed by atoms with E-state index in [1.807, 2.05) is 0 Å². The standard InChI is InChI=1S/C45H70N6O11/c1-5-6-7-8-9-10-11-12-13-14-15-16-17-18-38(55)49-35(27-52)43(59)47-28(2)41(57)46-26-39(56)51(4)40-31-20-22-37(54)33(25-31)32-23-30(19-21-36(32)53)24-34(45(61)62)50-42(58)29(3)48-44(40)60/h19-20,22-23,28-29,31,34-36,40,52-54H,5-18,21,24-27H2,1-4H3,(H,46,57)(H,47,59)(H,48,60)(H,49,55)(H,50,58)(H,61,62)/t28-,29+,31+,34+,35-,36+,40+/m1/s1. The number of carbonyl (C=O) groups excluding carboxylic acids is 6. The molecule has 0 aromatic rings. The number of amides is 6. The van der Waals surface area contributed by atoms with Crippen LogP contribution in [-0.2, 0) is 33.6 Å². The van der Waals surface area contributed by atoms with E-state index >= 15 is 0 Å². The predicted octanol–water partition coefficient (Wildman–Crippen LogP) is 2.88. The highest BCUT2D eigenvalue weighted by Crippen LogP contribution is 2.36. The molecule has 17 heteroatoms. The minimum Gasteiger partial charge on any atom is -0.508 e. The van der Waals surface area contributed by atoms with Crippen molar-refractivity contribution in [2.24, 2.45) is 5.92 Å². The summed E-state index contributed by atoms with van der Waals surface area (Å²) in [6.45, 7) is 3.63. The second kappa shape index (κ2) is 26.4. The summed E-state index contributed by atoms with van der Waals surface area (Å²) in [6.07, 6.45) is 20.3. The van der Waals surface area contributed by atoms with Crippen molar-refractivity contribution >= 4 is 41.4 Å². The molecule has 346 valence electrons. The quantitative estimate of drug-likeness (QED) is 0.0675. The zero-order valence-electron chi connectivity index (χ0n) is 36.9. The van der Waals surface area contributed by atoms with Crippen molar-refractivity contribution in [3.63, 3.8) is 0 Å². The van der Waals surface area contributed by atoms with Gasteiger partial charge >= 0.3 is 5.97 Å². The molecular formula is C45H70N6O11. The van der Waals surface area contributed by atoms with Crippen LogP contribution in [0.2, 0.25) is 0 Å². The number of hydrogen-bond donors (Lipinski definition) is 9. The Kier molecular flexibility index (Phi) is 21.9. The highest BCUT2D eigenvalue weighted by atomic mass is 16.4. The number of rotatable bonds is 23. The molecule has 0 saturated heterocycles. The van der Waals surface area contributed by atoms with E-state index in [9.17, 15) is 54.0 Å². The molecule has 1 heterocycles. The van der Waals surface area contributed by atoms with Crippen molar-refractivity contribution in [1.82, 2.24) is 31.5 Å². The Morgan fingerprint density at radius 3 is 2.08 bits per heavy atom. The van der Waals surface area contributed by atoms with Gasteiger partial charge in [-0.25, -0.2) is 4.79 Å². The number of aliphatic carboxylic acids is 1. The van der Waals surface area contributed by atoms with E-state index in [2.05, 4.69) is 33.5 Å². The van der Waals surface area contributed by atoms with E-state index < -0.39 is 96.8 Å². The molecule has 0 unspecified atom stereocenters. The maximum absolute atomic E-state index is 13.9. The molecule has 0 radical (unpaired) electrons. The minimum absolute atomic E-state index is 0.0193. The van der Waals surface area contributed by atoms with Crippen LogP contribution in [0.25, 0.3) is 0 Å². The molecule has 0 aromatic carbocycles. The molecule has 0 fully saturated rings. The molecular weight excluding hydrogens is 801 g/mol. The van der Waals surface area contributed by atoms with Crippen LogP contribution in [0.3, 0.4) is 0 Å². The molecule has 3 aliphatic rings. The molecule has 17 nitrogen and oxygen atoms in total. The van der Waals surface area contributed by atoms with Crippen molar-refractivity contribution in [3.05, 3.63) is 46.8 Å². The Balaban J connectivity index is 1.54. The van der Waals surface area contributed by atoms with E-state index in [-0.39, 0.29) is 31.4 Å². The molecule has 0 saturated carbocycles. The second-order valence-electron chi connectivity index (χ2n) is 16.7. The normalized spacial score (nSPS) is 22.5. The molecule has 2 aliphatic carbocycles. The fraction of sp³-hybridized carbons (Fsp3) is 0.667. The molecule has 62 heavy (non-hydrogen) atoms. The number of unbranched alkanes of at least 4 members (excludes halogenated alkanes) is 12. The van der Waals surface area contributed by atoms with E-state index in [4.69, 9.17) is 0 Å². The molecule has 4 bridgehead atoms. The number of nitrogens with one attached hydrogen (secondary N) is 5. The van der Waals surface area contributed by atoms with Crippen molar-refractivity contribution in [1.29, 1.82) is 0 Å². The lowest BCUT2D eigenvalue weighted by Gasteiger charge is -2.36. The molecule has 9 N–H and O–H groups in total. The van der Waals surface area contributed by atoms with Gasteiger partial charge in [-0.3, -0.25) is 28.8 Å². The van der Waals surface area contributed by atoms with Gasteiger partial charge in [0.1, 0.15) is 36.0 Å².